The lowest BCUT2D eigenvalue weighted by Crippen LogP contribution is -2.06. The summed E-state index contributed by atoms with van der Waals surface area (Å²) in [6.45, 7) is 0.690. The highest BCUT2D eigenvalue weighted by atomic mass is 35.5. The quantitative estimate of drug-likeness (QED) is 0.847. The number of halogens is 3. The Labute approximate surface area is 133 Å². The fourth-order valence-electron chi connectivity index (χ4n) is 2.05. The van der Waals surface area contributed by atoms with Gasteiger partial charge in [0, 0.05) is 23.2 Å². The standard InChI is InChI=1S/C15H14Cl3NO/c1-19-8-9-5-10(16)3-4-11(9)12-6-14(18)15(20-2)7-13(12)17/h3-7,19H,8H2,1-2H3. The van der Waals surface area contributed by atoms with E-state index in [1.54, 1.807) is 13.2 Å². The van der Waals surface area contributed by atoms with Gasteiger partial charge in [0.15, 0.2) is 0 Å². The van der Waals surface area contributed by atoms with Gasteiger partial charge in [-0.15, -0.1) is 0 Å². The second kappa shape index (κ2) is 6.68. The first-order chi connectivity index (χ1) is 9.56. The fourth-order valence-corrected chi connectivity index (χ4v) is 2.74. The molecule has 5 heteroatoms. The van der Waals surface area contributed by atoms with Gasteiger partial charge in [-0.25, -0.2) is 0 Å². The molecule has 0 aliphatic carbocycles. The Balaban J connectivity index is 2.59. The molecular weight excluding hydrogens is 317 g/mol. The highest BCUT2D eigenvalue weighted by Gasteiger charge is 2.13. The van der Waals surface area contributed by atoms with Gasteiger partial charge in [0.05, 0.1) is 17.2 Å². The van der Waals surface area contributed by atoms with E-state index in [-0.39, 0.29) is 0 Å². The van der Waals surface area contributed by atoms with Crippen molar-refractivity contribution in [2.45, 2.75) is 6.54 Å². The molecule has 0 saturated heterocycles. The molecule has 0 saturated carbocycles. The maximum atomic E-state index is 6.33. The van der Waals surface area contributed by atoms with Crippen molar-refractivity contribution in [1.82, 2.24) is 5.32 Å². The molecule has 2 aromatic rings. The fraction of sp³-hybridized carbons (Fsp3) is 0.200. The van der Waals surface area contributed by atoms with Crippen molar-refractivity contribution in [3.05, 3.63) is 51.0 Å². The van der Waals surface area contributed by atoms with Crippen LogP contribution in [0.15, 0.2) is 30.3 Å². The van der Waals surface area contributed by atoms with E-state index in [9.17, 15) is 0 Å². The minimum absolute atomic E-state index is 0.525. The van der Waals surface area contributed by atoms with Crippen molar-refractivity contribution in [2.75, 3.05) is 14.2 Å². The van der Waals surface area contributed by atoms with Gasteiger partial charge < -0.3 is 10.1 Å². The molecule has 0 aromatic heterocycles. The molecular formula is C15H14Cl3NO. The molecule has 0 atom stereocenters. The van der Waals surface area contributed by atoms with Crippen LogP contribution in [-0.4, -0.2) is 14.2 Å². The van der Waals surface area contributed by atoms with Gasteiger partial charge >= 0.3 is 0 Å². The van der Waals surface area contributed by atoms with E-state index in [1.807, 2.05) is 31.3 Å². The second-order valence-electron chi connectivity index (χ2n) is 4.30. The molecule has 0 spiro atoms. The maximum Gasteiger partial charge on any atom is 0.138 e. The number of hydrogen-bond donors (Lipinski definition) is 1. The zero-order valence-electron chi connectivity index (χ0n) is 11.1. The van der Waals surface area contributed by atoms with Crippen LogP contribution in [0.2, 0.25) is 15.1 Å². The molecule has 0 unspecified atom stereocenters. The van der Waals surface area contributed by atoms with Crippen molar-refractivity contribution in [2.24, 2.45) is 0 Å². The molecule has 0 amide bonds. The summed E-state index contributed by atoms with van der Waals surface area (Å²) in [6, 6.07) is 9.23. The third-order valence-electron chi connectivity index (χ3n) is 2.97. The number of benzene rings is 2. The van der Waals surface area contributed by atoms with E-state index >= 15 is 0 Å². The van der Waals surface area contributed by atoms with Gasteiger partial charge in [-0.2, -0.15) is 0 Å². The Morgan fingerprint density at radius 1 is 1.00 bits per heavy atom. The second-order valence-corrected chi connectivity index (χ2v) is 5.55. The Morgan fingerprint density at radius 2 is 1.75 bits per heavy atom. The van der Waals surface area contributed by atoms with Crippen LogP contribution in [0.5, 0.6) is 5.75 Å². The monoisotopic (exact) mass is 329 g/mol. The summed E-state index contributed by atoms with van der Waals surface area (Å²) in [5, 5.41) is 4.92. The highest BCUT2D eigenvalue weighted by Crippen LogP contribution is 2.38. The predicted octanol–water partition coefficient (Wildman–Crippen LogP) is 5.04. The van der Waals surface area contributed by atoms with Gasteiger partial charge in [0.2, 0.25) is 0 Å². The molecule has 0 radical (unpaired) electrons. The van der Waals surface area contributed by atoms with E-state index in [0.717, 1.165) is 16.7 Å². The number of nitrogens with one attached hydrogen (secondary N) is 1. The summed E-state index contributed by atoms with van der Waals surface area (Å²) in [4.78, 5) is 0. The molecule has 0 heterocycles. The summed E-state index contributed by atoms with van der Waals surface area (Å²) in [7, 11) is 3.44. The molecule has 20 heavy (non-hydrogen) atoms. The van der Waals surface area contributed by atoms with E-state index in [0.29, 0.717) is 27.4 Å². The number of ether oxygens (including phenoxy) is 1. The van der Waals surface area contributed by atoms with Gasteiger partial charge in [-0.3, -0.25) is 0 Å². The lowest BCUT2D eigenvalue weighted by Gasteiger charge is -2.13. The zero-order chi connectivity index (χ0) is 14.7. The normalized spacial score (nSPS) is 10.7. The van der Waals surface area contributed by atoms with Crippen LogP contribution < -0.4 is 10.1 Å². The first kappa shape index (κ1) is 15.5. The number of hydrogen-bond acceptors (Lipinski definition) is 2. The zero-order valence-corrected chi connectivity index (χ0v) is 13.4. The average molecular weight is 331 g/mol. The highest BCUT2D eigenvalue weighted by molar-refractivity contribution is 6.36. The molecule has 1 N–H and O–H groups in total. The first-order valence-corrected chi connectivity index (χ1v) is 7.16. The molecule has 0 fully saturated rings. The lowest BCUT2D eigenvalue weighted by atomic mass is 9.99. The molecule has 0 bridgehead atoms. The van der Waals surface area contributed by atoms with Crippen molar-refractivity contribution in [3.63, 3.8) is 0 Å². The molecule has 0 aliphatic heterocycles. The minimum atomic E-state index is 0.525. The number of rotatable bonds is 4. The number of methoxy groups -OCH3 is 1. The Bertz CT molecular complexity index is 629. The van der Waals surface area contributed by atoms with E-state index in [4.69, 9.17) is 39.5 Å². The Morgan fingerprint density at radius 3 is 2.40 bits per heavy atom. The van der Waals surface area contributed by atoms with Crippen molar-refractivity contribution in [3.8, 4) is 16.9 Å². The van der Waals surface area contributed by atoms with Crippen LogP contribution in [0.4, 0.5) is 0 Å². The van der Waals surface area contributed by atoms with Gasteiger partial charge in [0.1, 0.15) is 5.75 Å². The lowest BCUT2D eigenvalue weighted by molar-refractivity contribution is 0.415. The first-order valence-electron chi connectivity index (χ1n) is 6.03. The van der Waals surface area contributed by atoms with Crippen molar-refractivity contribution in [1.29, 1.82) is 0 Å². The van der Waals surface area contributed by atoms with Crippen LogP contribution in [0, 0.1) is 0 Å². The molecule has 2 nitrogen and oxygen atoms in total. The molecule has 0 aliphatic rings. The Hall–Kier alpha value is -0.930. The largest absolute Gasteiger partial charge is 0.495 e. The van der Waals surface area contributed by atoms with E-state index < -0.39 is 0 Å². The van der Waals surface area contributed by atoms with Crippen molar-refractivity contribution < 1.29 is 4.74 Å². The maximum absolute atomic E-state index is 6.33. The van der Waals surface area contributed by atoms with Crippen LogP contribution in [0.1, 0.15) is 5.56 Å². The van der Waals surface area contributed by atoms with Crippen LogP contribution in [0.3, 0.4) is 0 Å². The molecule has 2 aromatic carbocycles. The Kier molecular flexibility index (Phi) is 5.17. The smallest absolute Gasteiger partial charge is 0.138 e. The molecule has 106 valence electrons. The third-order valence-corrected chi connectivity index (χ3v) is 3.81. The third kappa shape index (κ3) is 3.21. The van der Waals surface area contributed by atoms with E-state index in [2.05, 4.69) is 5.32 Å². The average Bonchev–Trinajstić information content (AvgIpc) is 2.42. The topological polar surface area (TPSA) is 21.3 Å². The van der Waals surface area contributed by atoms with Crippen LogP contribution >= 0.6 is 34.8 Å². The van der Waals surface area contributed by atoms with Crippen molar-refractivity contribution >= 4 is 34.8 Å². The van der Waals surface area contributed by atoms with Crippen LogP contribution in [0.25, 0.3) is 11.1 Å². The SMILES string of the molecule is CNCc1cc(Cl)ccc1-c1cc(Cl)c(OC)cc1Cl. The van der Waals surface area contributed by atoms with Gasteiger partial charge in [-0.05, 0) is 36.4 Å². The summed E-state index contributed by atoms with van der Waals surface area (Å²) in [5.41, 5.74) is 2.92. The predicted molar refractivity (Wildman–Crippen MR) is 86.2 cm³/mol. The summed E-state index contributed by atoms with van der Waals surface area (Å²) >= 11 is 18.6. The summed E-state index contributed by atoms with van der Waals surface area (Å²) < 4.78 is 5.16. The van der Waals surface area contributed by atoms with Gasteiger partial charge in [0.25, 0.3) is 0 Å². The molecule has 2 rings (SSSR count). The van der Waals surface area contributed by atoms with Gasteiger partial charge in [-0.1, -0.05) is 40.9 Å². The summed E-state index contributed by atoms with van der Waals surface area (Å²) in [6.07, 6.45) is 0. The summed E-state index contributed by atoms with van der Waals surface area (Å²) in [5.74, 6) is 0.560. The van der Waals surface area contributed by atoms with E-state index in [1.165, 1.54) is 0 Å². The van der Waals surface area contributed by atoms with Crippen LogP contribution in [-0.2, 0) is 6.54 Å². The minimum Gasteiger partial charge on any atom is -0.495 e.